The second-order valence-electron chi connectivity index (χ2n) is 8.45. The summed E-state index contributed by atoms with van der Waals surface area (Å²) in [6.07, 6.45) is -6.83. The number of aromatic nitrogens is 2. The number of nitrogens with zero attached hydrogens (tertiary/aromatic N) is 3. The normalized spacial score (nSPS) is 11.4. The van der Waals surface area contributed by atoms with E-state index in [1.54, 1.807) is 13.0 Å². The molecule has 4 aromatic rings. The van der Waals surface area contributed by atoms with Crippen LogP contribution < -0.4 is 15.2 Å². The summed E-state index contributed by atoms with van der Waals surface area (Å²) >= 11 is 11.0. The fourth-order valence-electron chi connectivity index (χ4n) is 3.24. The van der Waals surface area contributed by atoms with E-state index in [0.29, 0.717) is 16.8 Å². The van der Waals surface area contributed by atoms with Crippen molar-refractivity contribution in [1.29, 1.82) is 0 Å². The molecule has 2 N–H and O–H groups in total. The average molecular weight is 635 g/mol. The van der Waals surface area contributed by atoms with Gasteiger partial charge in [0.25, 0.3) is 5.69 Å². The van der Waals surface area contributed by atoms with Crippen LogP contribution in [-0.2, 0) is 12.4 Å². The van der Waals surface area contributed by atoms with E-state index in [0.717, 1.165) is 30.5 Å². The summed E-state index contributed by atoms with van der Waals surface area (Å²) < 4.78 is 87.0. The van der Waals surface area contributed by atoms with Gasteiger partial charge >= 0.3 is 12.4 Å². The molecule has 0 saturated carbocycles. The van der Waals surface area contributed by atoms with E-state index in [1.165, 1.54) is 31.3 Å². The van der Waals surface area contributed by atoms with Gasteiger partial charge in [0.15, 0.2) is 0 Å². The van der Waals surface area contributed by atoms with Crippen molar-refractivity contribution in [2.75, 3.05) is 5.73 Å². The van der Waals surface area contributed by atoms with E-state index in [2.05, 4.69) is 9.97 Å². The van der Waals surface area contributed by atoms with Crippen LogP contribution in [-0.4, -0.2) is 14.9 Å². The molecule has 222 valence electrons. The monoisotopic (exact) mass is 634 g/mol. The number of pyridine rings is 2. The molecule has 0 amide bonds. The largest absolute Gasteiger partial charge is 0.439 e. The number of alkyl halides is 6. The first kappa shape index (κ1) is 32.2. The van der Waals surface area contributed by atoms with Gasteiger partial charge in [0, 0.05) is 17.2 Å². The second-order valence-corrected chi connectivity index (χ2v) is 9.26. The Labute approximate surface area is 243 Å². The van der Waals surface area contributed by atoms with Gasteiger partial charge in [-0.2, -0.15) is 26.3 Å². The number of nitro groups is 1. The van der Waals surface area contributed by atoms with Crippen molar-refractivity contribution in [2.24, 2.45) is 0 Å². The van der Waals surface area contributed by atoms with Crippen LogP contribution in [0.25, 0.3) is 0 Å². The number of halogens is 8. The summed E-state index contributed by atoms with van der Waals surface area (Å²) in [5.41, 5.74) is 4.69. The Bertz CT molecular complexity index is 1620. The third kappa shape index (κ3) is 8.36. The summed E-state index contributed by atoms with van der Waals surface area (Å²) in [6, 6.07) is 9.18. The van der Waals surface area contributed by atoms with Crippen molar-refractivity contribution in [3.8, 4) is 23.3 Å². The maximum absolute atomic E-state index is 12.8. The molecule has 42 heavy (non-hydrogen) atoms. The zero-order chi connectivity index (χ0) is 31.4. The van der Waals surface area contributed by atoms with Crippen molar-refractivity contribution in [3.05, 3.63) is 103 Å². The molecule has 2 heterocycles. The molecule has 4 rings (SSSR count). The molecule has 0 aliphatic rings. The van der Waals surface area contributed by atoms with Crippen LogP contribution in [0, 0.1) is 24.0 Å². The van der Waals surface area contributed by atoms with Gasteiger partial charge in [0.1, 0.15) is 17.7 Å². The van der Waals surface area contributed by atoms with E-state index in [9.17, 15) is 36.5 Å². The smallest absolute Gasteiger partial charge is 0.417 e. The molecular formula is C26H18Cl2F6N4O4. The number of nitrogen functional groups attached to an aromatic ring is 1. The molecule has 16 heteroatoms. The van der Waals surface area contributed by atoms with E-state index >= 15 is 0 Å². The van der Waals surface area contributed by atoms with Gasteiger partial charge in [-0.15, -0.1) is 0 Å². The molecule has 0 bridgehead atoms. The Morgan fingerprint density at radius 1 is 0.762 bits per heavy atom. The summed E-state index contributed by atoms with van der Waals surface area (Å²) in [4.78, 5) is 17.6. The summed E-state index contributed by atoms with van der Waals surface area (Å²) in [7, 11) is 0. The van der Waals surface area contributed by atoms with Crippen LogP contribution in [0.15, 0.2) is 60.9 Å². The van der Waals surface area contributed by atoms with Crippen LogP contribution in [0.2, 0.25) is 10.0 Å². The maximum atomic E-state index is 12.8. The lowest BCUT2D eigenvalue weighted by Gasteiger charge is -2.12. The van der Waals surface area contributed by atoms with Crippen LogP contribution >= 0.6 is 23.2 Å². The van der Waals surface area contributed by atoms with Crippen molar-refractivity contribution < 1.29 is 40.7 Å². The lowest BCUT2D eigenvalue weighted by molar-refractivity contribution is -0.385. The first-order chi connectivity index (χ1) is 19.5. The van der Waals surface area contributed by atoms with Gasteiger partial charge < -0.3 is 15.2 Å². The van der Waals surface area contributed by atoms with Crippen molar-refractivity contribution in [2.45, 2.75) is 26.2 Å². The fraction of sp³-hybridized carbons (Fsp3) is 0.154. The van der Waals surface area contributed by atoms with Gasteiger partial charge in [-0.25, -0.2) is 9.97 Å². The number of ether oxygens (including phenoxy) is 2. The highest BCUT2D eigenvalue weighted by Crippen LogP contribution is 2.39. The minimum Gasteiger partial charge on any atom is -0.439 e. The number of rotatable bonds is 5. The minimum atomic E-state index is -4.62. The lowest BCUT2D eigenvalue weighted by Crippen LogP contribution is -2.06. The third-order valence-corrected chi connectivity index (χ3v) is 5.85. The maximum Gasteiger partial charge on any atom is 0.417 e. The Balaban J connectivity index is 0.000000231. The molecule has 2 aromatic heterocycles. The minimum absolute atomic E-state index is 0.00194. The Kier molecular flexibility index (Phi) is 9.74. The highest BCUT2D eigenvalue weighted by molar-refractivity contribution is 6.31. The van der Waals surface area contributed by atoms with Gasteiger partial charge in [-0.05, 0) is 56.3 Å². The average Bonchev–Trinajstić information content (AvgIpc) is 2.88. The predicted molar refractivity (Wildman–Crippen MR) is 142 cm³/mol. The summed E-state index contributed by atoms with van der Waals surface area (Å²) in [5.74, 6) is 0.0407. The Morgan fingerprint density at radius 2 is 1.19 bits per heavy atom. The fourth-order valence-corrected chi connectivity index (χ4v) is 3.69. The summed E-state index contributed by atoms with van der Waals surface area (Å²) in [6.45, 7) is 3.19. The number of benzene rings is 2. The molecule has 0 unspecified atom stereocenters. The molecule has 0 atom stereocenters. The summed E-state index contributed by atoms with van der Waals surface area (Å²) in [5, 5.41) is 9.77. The van der Waals surface area contributed by atoms with Crippen LogP contribution in [0.5, 0.6) is 23.3 Å². The van der Waals surface area contributed by atoms with Crippen LogP contribution in [0.3, 0.4) is 0 Å². The first-order valence-corrected chi connectivity index (χ1v) is 12.1. The molecule has 8 nitrogen and oxygen atoms in total. The van der Waals surface area contributed by atoms with Gasteiger partial charge in [0.2, 0.25) is 11.8 Å². The Hall–Kier alpha value is -4.30. The predicted octanol–water partition coefficient (Wildman–Crippen LogP) is 9.20. The van der Waals surface area contributed by atoms with Crippen molar-refractivity contribution >= 4 is 34.6 Å². The molecule has 0 aliphatic heterocycles. The zero-order valence-electron chi connectivity index (χ0n) is 21.3. The van der Waals surface area contributed by atoms with Crippen LogP contribution in [0.1, 0.15) is 22.3 Å². The van der Waals surface area contributed by atoms with E-state index in [1.807, 2.05) is 0 Å². The van der Waals surface area contributed by atoms with Gasteiger partial charge in [-0.3, -0.25) is 10.1 Å². The van der Waals surface area contributed by atoms with Gasteiger partial charge in [-0.1, -0.05) is 23.2 Å². The Morgan fingerprint density at radius 3 is 1.57 bits per heavy atom. The van der Waals surface area contributed by atoms with E-state index < -0.39 is 33.4 Å². The van der Waals surface area contributed by atoms with Gasteiger partial charge in [0.05, 0.1) is 38.0 Å². The van der Waals surface area contributed by atoms with Crippen LogP contribution in [0.4, 0.5) is 37.7 Å². The van der Waals surface area contributed by atoms with Crippen molar-refractivity contribution in [3.63, 3.8) is 0 Å². The molecule has 2 aromatic carbocycles. The molecule has 0 saturated heterocycles. The van der Waals surface area contributed by atoms with Crippen molar-refractivity contribution in [1.82, 2.24) is 9.97 Å². The third-order valence-electron chi connectivity index (χ3n) is 5.19. The second kappa shape index (κ2) is 12.7. The quantitative estimate of drug-likeness (QED) is 0.132. The standard InChI is InChI=1S/C13H8ClF3N2O3.C13H10ClF3N2O/c1-7-4-8(19(20)21)6-18-12(7)22-9-2-3-11(14)10(5-9)13(15,16)17;1-7-4-8(18)6-19-12(7)20-9-2-3-11(14)10(5-9)13(15,16)17/h2-6H,1H3;2-6H,18H2,1H3. The van der Waals surface area contributed by atoms with E-state index in [4.69, 9.17) is 38.4 Å². The lowest BCUT2D eigenvalue weighted by atomic mass is 10.2. The first-order valence-electron chi connectivity index (χ1n) is 11.4. The number of aryl methyl sites for hydroxylation is 2. The molecular weight excluding hydrogens is 617 g/mol. The molecule has 0 aliphatic carbocycles. The molecule has 0 fully saturated rings. The number of nitrogens with two attached hydrogens (primary N) is 1. The van der Waals surface area contributed by atoms with E-state index in [-0.39, 0.29) is 34.0 Å². The molecule has 0 spiro atoms. The SMILES string of the molecule is Cc1cc(N)cnc1Oc1ccc(Cl)c(C(F)(F)F)c1.Cc1cc([N+](=O)[O-])cnc1Oc1ccc(Cl)c(C(F)(F)F)c1. The topological polar surface area (TPSA) is 113 Å². The number of anilines is 1. The highest BCUT2D eigenvalue weighted by atomic mass is 35.5. The highest BCUT2D eigenvalue weighted by Gasteiger charge is 2.34. The zero-order valence-corrected chi connectivity index (χ0v) is 22.9. The number of hydrogen-bond acceptors (Lipinski definition) is 7. The molecule has 0 radical (unpaired) electrons. The number of hydrogen-bond donors (Lipinski definition) is 1.